The smallest absolute Gasteiger partial charge is 0.123 e. The summed E-state index contributed by atoms with van der Waals surface area (Å²) in [6.45, 7) is 2.24. The quantitative estimate of drug-likeness (QED) is 0.815. The first kappa shape index (κ1) is 12.4. The minimum absolute atomic E-state index is 0.404. The van der Waals surface area contributed by atoms with Crippen LogP contribution in [0.25, 0.3) is 0 Å². The van der Waals surface area contributed by atoms with Gasteiger partial charge in [0.05, 0.1) is 0 Å². The zero-order valence-electron chi connectivity index (χ0n) is 10.9. The zero-order valence-corrected chi connectivity index (χ0v) is 10.9. The fourth-order valence-electron chi connectivity index (χ4n) is 2.56. The number of fused-ring (bicyclic) bond motifs is 1. The van der Waals surface area contributed by atoms with E-state index in [1.165, 1.54) is 31.2 Å². The van der Waals surface area contributed by atoms with E-state index in [1.807, 2.05) is 0 Å². The van der Waals surface area contributed by atoms with Gasteiger partial charge in [0.2, 0.25) is 0 Å². The van der Waals surface area contributed by atoms with Crippen LogP contribution in [-0.4, -0.2) is 19.2 Å². The lowest BCUT2D eigenvalue weighted by Crippen LogP contribution is -2.24. The van der Waals surface area contributed by atoms with E-state index in [0.717, 1.165) is 12.2 Å². The van der Waals surface area contributed by atoms with Gasteiger partial charge in [0, 0.05) is 12.5 Å². The van der Waals surface area contributed by atoms with E-state index in [9.17, 15) is 0 Å². The molecule has 0 fully saturated rings. The maximum absolute atomic E-state index is 5.94. The van der Waals surface area contributed by atoms with Crippen molar-refractivity contribution in [3.8, 4) is 5.75 Å². The number of para-hydroxylation sites is 1. The fraction of sp³-hybridized carbons (Fsp3) is 0.600. The van der Waals surface area contributed by atoms with Crippen LogP contribution in [0.15, 0.2) is 24.3 Å². The lowest BCUT2D eigenvalue weighted by molar-refractivity contribution is 0.214. The highest BCUT2D eigenvalue weighted by Crippen LogP contribution is 2.30. The number of ether oxygens (including phenoxy) is 1. The number of benzene rings is 1. The summed E-state index contributed by atoms with van der Waals surface area (Å²) in [4.78, 5) is 0. The van der Waals surface area contributed by atoms with E-state index >= 15 is 0 Å². The molecule has 1 aromatic carbocycles. The van der Waals surface area contributed by atoms with Gasteiger partial charge in [-0.1, -0.05) is 25.1 Å². The van der Waals surface area contributed by atoms with Crippen LogP contribution in [0.1, 0.15) is 38.2 Å². The highest BCUT2D eigenvalue weighted by atomic mass is 16.5. The second-order valence-corrected chi connectivity index (χ2v) is 4.88. The monoisotopic (exact) mass is 233 g/mol. The molecule has 0 spiro atoms. The van der Waals surface area contributed by atoms with Gasteiger partial charge in [0.1, 0.15) is 11.9 Å². The minimum Gasteiger partial charge on any atom is -0.490 e. The summed E-state index contributed by atoms with van der Waals surface area (Å²) in [5, 5.41) is 3.35. The Balaban J connectivity index is 1.73. The van der Waals surface area contributed by atoms with E-state index < -0.39 is 0 Å². The van der Waals surface area contributed by atoms with Gasteiger partial charge in [0.25, 0.3) is 0 Å². The Morgan fingerprint density at radius 2 is 2.24 bits per heavy atom. The highest BCUT2D eigenvalue weighted by molar-refractivity contribution is 5.37. The van der Waals surface area contributed by atoms with Crippen molar-refractivity contribution >= 4 is 0 Å². The first-order valence-corrected chi connectivity index (χ1v) is 6.75. The third-order valence-corrected chi connectivity index (χ3v) is 3.69. The molecule has 1 aliphatic heterocycles. The van der Waals surface area contributed by atoms with Crippen LogP contribution >= 0.6 is 0 Å². The molecule has 0 aliphatic carbocycles. The maximum atomic E-state index is 5.94. The lowest BCUT2D eigenvalue weighted by Gasteiger charge is -2.15. The molecule has 2 unspecified atom stereocenters. The van der Waals surface area contributed by atoms with E-state index in [1.54, 1.807) is 0 Å². The van der Waals surface area contributed by atoms with Crippen LogP contribution in [0.5, 0.6) is 5.75 Å². The van der Waals surface area contributed by atoms with Gasteiger partial charge < -0.3 is 10.1 Å². The molecule has 0 saturated carbocycles. The fourth-order valence-corrected chi connectivity index (χ4v) is 2.56. The molecule has 0 amide bonds. The summed E-state index contributed by atoms with van der Waals surface area (Å²) in [5.41, 5.74) is 1.37. The van der Waals surface area contributed by atoms with E-state index in [4.69, 9.17) is 4.74 Å². The van der Waals surface area contributed by atoms with E-state index in [0.29, 0.717) is 12.1 Å². The summed E-state index contributed by atoms with van der Waals surface area (Å²) in [6, 6.07) is 9.07. The van der Waals surface area contributed by atoms with Crippen LogP contribution in [0.4, 0.5) is 0 Å². The Hall–Kier alpha value is -1.02. The average molecular weight is 233 g/mol. The number of rotatable bonds is 6. The van der Waals surface area contributed by atoms with Gasteiger partial charge in [-0.2, -0.15) is 0 Å². The van der Waals surface area contributed by atoms with Crippen molar-refractivity contribution in [2.45, 2.75) is 51.2 Å². The van der Waals surface area contributed by atoms with Crippen LogP contribution in [0.3, 0.4) is 0 Å². The lowest BCUT2D eigenvalue weighted by atomic mass is 10.0. The summed E-state index contributed by atoms with van der Waals surface area (Å²) >= 11 is 0. The molecule has 1 heterocycles. The predicted octanol–water partition coefficient (Wildman–Crippen LogP) is 3.16. The molecule has 0 aromatic heterocycles. The van der Waals surface area contributed by atoms with Gasteiger partial charge in [-0.05, 0) is 44.4 Å². The number of nitrogens with one attached hydrogen (secondary N) is 1. The molecule has 1 aliphatic rings. The zero-order chi connectivity index (χ0) is 12.1. The van der Waals surface area contributed by atoms with Gasteiger partial charge in [-0.15, -0.1) is 0 Å². The van der Waals surface area contributed by atoms with Crippen molar-refractivity contribution in [1.82, 2.24) is 5.32 Å². The molecular weight excluding hydrogens is 210 g/mol. The first-order chi connectivity index (χ1) is 8.33. The molecule has 0 radical (unpaired) electrons. The summed E-state index contributed by atoms with van der Waals surface area (Å²) in [6.07, 6.45) is 6.38. The molecule has 17 heavy (non-hydrogen) atoms. The summed E-state index contributed by atoms with van der Waals surface area (Å²) in [5.74, 6) is 1.10. The van der Waals surface area contributed by atoms with E-state index in [-0.39, 0.29) is 0 Å². The van der Waals surface area contributed by atoms with Gasteiger partial charge in [0.15, 0.2) is 0 Å². The topological polar surface area (TPSA) is 21.3 Å². The third kappa shape index (κ3) is 3.22. The second kappa shape index (κ2) is 6.06. The van der Waals surface area contributed by atoms with Crippen molar-refractivity contribution in [2.75, 3.05) is 7.05 Å². The molecule has 1 N–H and O–H groups in total. The summed E-state index contributed by atoms with van der Waals surface area (Å²) in [7, 11) is 2.05. The Morgan fingerprint density at radius 3 is 2.94 bits per heavy atom. The molecule has 0 saturated heterocycles. The first-order valence-electron chi connectivity index (χ1n) is 6.75. The van der Waals surface area contributed by atoms with Gasteiger partial charge in [-0.3, -0.25) is 0 Å². The Kier molecular flexibility index (Phi) is 4.43. The average Bonchev–Trinajstić information content (AvgIpc) is 2.77. The van der Waals surface area contributed by atoms with Crippen LogP contribution in [0.2, 0.25) is 0 Å². The van der Waals surface area contributed by atoms with Crippen LogP contribution in [0, 0.1) is 0 Å². The summed E-state index contributed by atoms with van der Waals surface area (Å²) < 4.78 is 5.94. The molecule has 0 bridgehead atoms. The molecule has 1 aromatic rings. The minimum atomic E-state index is 0.404. The predicted molar refractivity (Wildman–Crippen MR) is 71.6 cm³/mol. The SMILES string of the molecule is CCC(CCCC1Cc2ccccc2O1)NC. The molecule has 2 atom stereocenters. The van der Waals surface area contributed by atoms with E-state index in [2.05, 4.69) is 43.6 Å². The molecular formula is C15H23NO. The van der Waals surface area contributed by atoms with Crippen LogP contribution < -0.4 is 10.1 Å². The Labute approximate surface area is 104 Å². The molecule has 94 valence electrons. The third-order valence-electron chi connectivity index (χ3n) is 3.69. The Bertz CT molecular complexity index is 322. The van der Waals surface area contributed by atoms with Gasteiger partial charge >= 0.3 is 0 Å². The van der Waals surface area contributed by atoms with Gasteiger partial charge in [-0.25, -0.2) is 0 Å². The van der Waals surface area contributed by atoms with Crippen molar-refractivity contribution in [1.29, 1.82) is 0 Å². The number of hydrogen-bond donors (Lipinski definition) is 1. The molecule has 2 rings (SSSR count). The Morgan fingerprint density at radius 1 is 1.41 bits per heavy atom. The normalized spacial score (nSPS) is 19.8. The number of hydrogen-bond acceptors (Lipinski definition) is 2. The maximum Gasteiger partial charge on any atom is 0.123 e. The van der Waals surface area contributed by atoms with Crippen molar-refractivity contribution in [3.05, 3.63) is 29.8 Å². The van der Waals surface area contributed by atoms with Crippen molar-refractivity contribution < 1.29 is 4.74 Å². The van der Waals surface area contributed by atoms with Crippen molar-refractivity contribution in [2.24, 2.45) is 0 Å². The standard InChI is InChI=1S/C15H23NO/c1-3-13(16-2)8-6-9-14-11-12-7-4-5-10-15(12)17-14/h4-5,7,10,13-14,16H,3,6,8-9,11H2,1-2H3. The highest BCUT2D eigenvalue weighted by Gasteiger charge is 2.21. The largest absolute Gasteiger partial charge is 0.490 e. The molecule has 2 nitrogen and oxygen atoms in total. The molecule has 2 heteroatoms. The van der Waals surface area contributed by atoms with Crippen molar-refractivity contribution in [3.63, 3.8) is 0 Å². The van der Waals surface area contributed by atoms with Crippen LogP contribution in [-0.2, 0) is 6.42 Å². The second-order valence-electron chi connectivity index (χ2n) is 4.88.